The monoisotopic (exact) mass is 468 g/mol. The van der Waals surface area contributed by atoms with Crippen LogP contribution in [0.25, 0.3) is 0 Å². The number of rotatable bonds is 15. The molecule has 1 aliphatic carbocycles. The van der Waals surface area contributed by atoms with Gasteiger partial charge in [0.25, 0.3) is 0 Å². The van der Waals surface area contributed by atoms with Crippen molar-refractivity contribution in [3.05, 3.63) is 70.8 Å². The van der Waals surface area contributed by atoms with Gasteiger partial charge in [-0.25, -0.2) is 4.39 Å². The van der Waals surface area contributed by atoms with E-state index in [2.05, 4.69) is 68.5 Å². The van der Waals surface area contributed by atoms with Gasteiger partial charge in [-0.3, -0.25) is 0 Å². The minimum absolute atomic E-state index is 0.133. The minimum atomic E-state index is -0.133. The van der Waals surface area contributed by atoms with E-state index in [0.29, 0.717) is 11.8 Å². The fourth-order valence-corrected chi connectivity index (χ4v) is 4.87. The lowest BCUT2D eigenvalue weighted by Crippen LogP contribution is -2.21. The topological polar surface area (TPSA) is 15.3 Å². The van der Waals surface area contributed by atoms with E-state index in [1.54, 1.807) is 6.08 Å². The van der Waals surface area contributed by atoms with Crippen molar-refractivity contribution in [3.8, 4) is 0 Å². The number of hydrogen-bond donors (Lipinski definition) is 1. The standard InChI is InChI=1S/C31H49FN2/c1-6-7-21-34(5)22-9-11-28-15-17-29(18-16-28)23-26(3)31-24-33-20-19-30(31)12-8-10-25(2)13-14-27(4)32/h13-15,17-19,24,26,28,33H,6-12,16,20-23H2,1-5H3/b25-13+,27-14+. The highest BCUT2D eigenvalue weighted by molar-refractivity contribution is 5.37. The second-order valence-electron chi connectivity index (χ2n) is 10.4. The summed E-state index contributed by atoms with van der Waals surface area (Å²) in [4.78, 5) is 2.48. The van der Waals surface area contributed by atoms with Crippen LogP contribution in [-0.4, -0.2) is 31.6 Å². The molecule has 190 valence electrons. The van der Waals surface area contributed by atoms with Crippen LogP contribution in [0.4, 0.5) is 4.39 Å². The van der Waals surface area contributed by atoms with E-state index in [0.717, 1.165) is 32.2 Å². The van der Waals surface area contributed by atoms with E-state index in [9.17, 15) is 4.39 Å². The number of unbranched alkanes of at least 4 members (excludes halogenated alkanes) is 1. The lowest BCUT2D eigenvalue weighted by Gasteiger charge is -2.25. The van der Waals surface area contributed by atoms with Crippen LogP contribution in [-0.2, 0) is 0 Å². The first-order valence-corrected chi connectivity index (χ1v) is 13.6. The smallest absolute Gasteiger partial charge is 0.0968 e. The summed E-state index contributed by atoms with van der Waals surface area (Å²) >= 11 is 0. The van der Waals surface area contributed by atoms with Gasteiger partial charge >= 0.3 is 0 Å². The third-order valence-corrected chi connectivity index (χ3v) is 7.06. The van der Waals surface area contributed by atoms with Gasteiger partial charge in [0.15, 0.2) is 0 Å². The molecule has 2 aliphatic rings. The summed E-state index contributed by atoms with van der Waals surface area (Å²) < 4.78 is 12.9. The molecule has 3 heteroatoms. The second-order valence-corrected chi connectivity index (χ2v) is 10.4. The Balaban J connectivity index is 1.76. The Morgan fingerprint density at radius 2 is 1.97 bits per heavy atom. The summed E-state index contributed by atoms with van der Waals surface area (Å²) in [5.74, 6) is 1.08. The molecular formula is C31H49FN2. The zero-order valence-corrected chi connectivity index (χ0v) is 22.5. The number of dihydropyridines is 1. The molecule has 0 saturated heterocycles. The molecule has 0 bridgehead atoms. The summed E-state index contributed by atoms with van der Waals surface area (Å²) in [7, 11) is 2.26. The number of halogens is 1. The number of hydrogen-bond acceptors (Lipinski definition) is 2. The zero-order chi connectivity index (χ0) is 24.8. The maximum absolute atomic E-state index is 12.9. The molecule has 1 aliphatic heterocycles. The Morgan fingerprint density at radius 1 is 1.18 bits per heavy atom. The van der Waals surface area contributed by atoms with Crippen LogP contribution < -0.4 is 5.32 Å². The number of nitrogens with one attached hydrogen (secondary N) is 1. The molecule has 0 spiro atoms. The third-order valence-electron chi connectivity index (χ3n) is 7.06. The number of nitrogens with zero attached hydrogens (tertiary/aromatic N) is 1. The van der Waals surface area contributed by atoms with Crippen molar-refractivity contribution in [3.63, 3.8) is 0 Å². The van der Waals surface area contributed by atoms with Crippen LogP contribution in [0.15, 0.2) is 70.8 Å². The van der Waals surface area contributed by atoms with E-state index >= 15 is 0 Å². The SMILES string of the molecule is CCCCN(C)CCCC1C=CC(CC(C)C2=CNCC=C2CCC/C(C)=C/C=C(\C)F)=CC1. The molecule has 0 aromatic rings. The molecule has 0 radical (unpaired) electrons. The largest absolute Gasteiger partial charge is 0.387 e. The molecule has 1 N–H and O–H groups in total. The summed E-state index contributed by atoms with van der Waals surface area (Å²) in [6.07, 6.45) is 26.1. The van der Waals surface area contributed by atoms with Gasteiger partial charge in [0, 0.05) is 12.7 Å². The summed E-state index contributed by atoms with van der Waals surface area (Å²) in [5.41, 5.74) is 5.67. The maximum atomic E-state index is 12.9. The van der Waals surface area contributed by atoms with Crippen LogP contribution >= 0.6 is 0 Å². The van der Waals surface area contributed by atoms with Crippen molar-refractivity contribution in [1.29, 1.82) is 0 Å². The first-order chi connectivity index (χ1) is 16.4. The Bertz CT molecular complexity index is 792. The van der Waals surface area contributed by atoms with Gasteiger partial charge in [-0.05, 0) is 114 Å². The Morgan fingerprint density at radius 3 is 2.68 bits per heavy atom. The predicted molar refractivity (Wildman–Crippen MR) is 147 cm³/mol. The van der Waals surface area contributed by atoms with E-state index < -0.39 is 0 Å². The first kappa shape index (κ1) is 28.4. The van der Waals surface area contributed by atoms with Crippen molar-refractivity contribution in [1.82, 2.24) is 10.2 Å². The third kappa shape index (κ3) is 11.0. The highest BCUT2D eigenvalue weighted by atomic mass is 19.1. The van der Waals surface area contributed by atoms with Crippen LogP contribution in [0.1, 0.15) is 85.5 Å². The normalized spacial score (nSPS) is 20.1. The lowest BCUT2D eigenvalue weighted by molar-refractivity contribution is 0.313. The molecule has 0 saturated carbocycles. The Kier molecular flexibility index (Phi) is 13.3. The predicted octanol–water partition coefficient (Wildman–Crippen LogP) is 8.43. The summed E-state index contributed by atoms with van der Waals surface area (Å²) in [5, 5.41) is 3.43. The van der Waals surface area contributed by atoms with Gasteiger partial charge in [0.1, 0.15) is 0 Å². The molecule has 0 aromatic carbocycles. The molecule has 1 heterocycles. The lowest BCUT2D eigenvalue weighted by atomic mass is 9.83. The van der Waals surface area contributed by atoms with E-state index in [4.69, 9.17) is 0 Å². The maximum Gasteiger partial charge on any atom is 0.0968 e. The van der Waals surface area contributed by atoms with E-state index in [1.165, 1.54) is 74.4 Å². The van der Waals surface area contributed by atoms with Crippen LogP contribution in [0.5, 0.6) is 0 Å². The van der Waals surface area contributed by atoms with Crippen LogP contribution in [0, 0.1) is 11.8 Å². The summed E-state index contributed by atoms with van der Waals surface area (Å²) in [6.45, 7) is 11.6. The highest BCUT2D eigenvalue weighted by Crippen LogP contribution is 2.32. The quantitative estimate of drug-likeness (QED) is 0.243. The molecule has 0 amide bonds. The molecule has 2 atom stereocenters. The van der Waals surface area contributed by atoms with Crippen molar-refractivity contribution in [2.24, 2.45) is 11.8 Å². The second kappa shape index (κ2) is 15.9. The first-order valence-electron chi connectivity index (χ1n) is 13.6. The van der Waals surface area contributed by atoms with Gasteiger partial charge in [0.05, 0.1) is 5.83 Å². The number of allylic oxidation sites excluding steroid dienone is 10. The average Bonchev–Trinajstić information content (AvgIpc) is 2.82. The Hall–Kier alpha value is -1.87. The average molecular weight is 469 g/mol. The molecular weight excluding hydrogens is 419 g/mol. The van der Waals surface area contributed by atoms with Gasteiger partial charge in [0.2, 0.25) is 0 Å². The van der Waals surface area contributed by atoms with E-state index in [1.807, 2.05) is 6.08 Å². The minimum Gasteiger partial charge on any atom is -0.387 e. The molecule has 0 fully saturated rings. The molecule has 2 nitrogen and oxygen atoms in total. The molecule has 34 heavy (non-hydrogen) atoms. The summed E-state index contributed by atoms with van der Waals surface area (Å²) in [6, 6.07) is 0. The fraction of sp³-hybridized carbons (Fsp3) is 0.613. The van der Waals surface area contributed by atoms with Crippen molar-refractivity contribution >= 4 is 0 Å². The van der Waals surface area contributed by atoms with Crippen molar-refractivity contribution in [2.75, 3.05) is 26.7 Å². The van der Waals surface area contributed by atoms with Gasteiger partial charge in [-0.1, -0.05) is 61.8 Å². The molecule has 2 rings (SSSR count). The highest BCUT2D eigenvalue weighted by Gasteiger charge is 2.18. The van der Waals surface area contributed by atoms with Crippen molar-refractivity contribution in [2.45, 2.75) is 85.5 Å². The van der Waals surface area contributed by atoms with Gasteiger partial charge in [-0.2, -0.15) is 0 Å². The van der Waals surface area contributed by atoms with Crippen LogP contribution in [0.3, 0.4) is 0 Å². The zero-order valence-electron chi connectivity index (χ0n) is 22.5. The van der Waals surface area contributed by atoms with Crippen LogP contribution in [0.2, 0.25) is 0 Å². The Labute approximate surface area is 209 Å². The van der Waals surface area contributed by atoms with Crippen molar-refractivity contribution < 1.29 is 4.39 Å². The fourth-order valence-electron chi connectivity index (χ4n) is 4.87. The molecule has 0 aromatic heterocycles. The van der Waals surface area contributed by atoms with Gasteiger partial charge in [-0.15, -0.1) is 0 Å². The van der Waals surface area contributed by atoms with Gasteiger partial charge < -0.3 is 10.2 Å². The van der Waals surface area contributed by atoms with E-state index in [-0.39, 0.29) is 5.83 Å². The molecule has 2 unspecified atom stereocenters.